The van der Waals surface area contributed by atoms with Gasteiger partial charge in [0.2, 0.25) is 11.8 Å². The van der Waals surface area contributed by atoms with Crippen molar-refractivity contribution in [3.05, 3.63) is 12.2 Å². The molecule has 2 amide bonds. The summed E-state index contributed by atoms with van der Waals surface area (Å²) in [4.78, 5) is 25.3. The van der Waals surface area contributed by atoms with Crippen molar-refractivity contribution in [3.8, 4) is 0 Å². The van der Waals surface area contributed by atoms with Crippen LogP contribution >= 0.6 is 11.6 Å². The molecule has 4 atom stereocenters. The molecule has 4 heteroatoms. The highest BCUT2D eigenvalue weighted by molar-refractivity contribution is 6.18. The lowest BCUT2D eigenvalue weighted by Crippen LogP contribution is -2.34. The van der Waals surface area contributed by atoms with Crippen molar-refractivity contribution < 1.29 is 9.59 Å². The van der Waals surface area contributed by atoms with Crippen molar-refractivity contribution >= 4 is 23.4 Å². The predicted octanol–water partition coefficient (Wildman–Crippen LogP) is 1.03. The second-order valence-electron chi connectivity index (χ2n) is 4.52. The first-order chi connectivity index (χ1) is 7.24. The van der Waals surface area contributed by atoms with E-state index < -0.39 is 0 Å². The van der Waals surface area contributed by atoms with E-state index in [1.807, 2.05) is 0 Å². The lowest BCUT2D eigenvalue weighted by atomic mass is 9.85. The minimum absolute atomic E-state index is 0.00231. The van der Waals surface area contributed by atoms with Gasteiger partial charge in [-0.2, -0.15) is 0 Å². The summed E-state index contributed by atoms with van der Waals surface area (Å²) < 4.78 is 0. The van der Waals surface area contributed by atoms with Crippen LogP contribution in [0.15, 0.2) is 12.2 Å². The lowest BCUT2D eigenvalue weighted by molar-refractivity contribution is -0.140. The predicted molar refractivity (Wildman–Crippen MR) is 55.2 cm³/mol. The SMILES string of the molecule is O=C1[C@@H]2[C@H](C(=O)N1CCCl)[C@@H]1C=C[C@@H]2C1. The van der Waals surface area contributed by atoms with Gasteiger partial charge < -0.3 is 0 Å². The van der Waals surface area contributed by atoms with Crippen LogP contribution in [0.2, 0.25) is 0 Å². The van der Waals surface area contributed by atoms with Crippen molar-refractivity contribution in [2.45, 2.75) is 6.42 Å². The largest absolute Gasteiger partial charge is 0.281 e. The van der Waals surface area contributed by atoms with Crippen molar-refractivity contribution in [1.29, 1.82) is 0 Å². The molecule has 1 saturated heterocycles. The number of alkyl halides is 1. The number of allylic oxidation sites excluding steroid dienone is 2. The molecule has 2 aliphatic carbocycles. The Hall–Kier alpha value is -0.830. The highest BCUT2D eigenvalue weighted by atomic mass is 35.5. The molecule has 0 aromatic rings. The molecule has 3 rings (SSSR count). The standard InChI is InChI=1S/C11H12ClNO2/c12-3-4-13-10(14)8-6-1-2-7(5-6)9(8)11(13)15/h1-2,6-9H,3-5H2/t6-,7-,8-,9+/m1/s1. The van der Waals surface area contributed by atoms with E-state index in [4.69, 9.17) is 11.6 Å². The first kappa shape index (κ1) is 9.40. The summed E-state index contributed by atoms with van der Waals surface area (Å²) in [5.41, 5.74) is 0. The number of hydrogen-bond donors (Lipinski definition) is 0. The van der Waals surface area contributed by atoms with Gasteiger partial charge in [0.25, 0.3) is 0 Å². The molecule has 0 aromatic carbocycles. The van der Waals surface area contributed by atoms with Crippen LogP contribution in [-0.4, -0.2) is 29.1 Å². The van der Waals surface area contributed by atoms with Crippen molar-refractivity contribution in [3.63, 3.8) is 0 Å². The van der Waals surface area contributed by atoms with Crippen LogP contribution in [-0.2, 0) is 9.59 Å². The van der Waals surface area contributed by atoms with E-state index in [0.717, 1.165) is 6.42 Å². The molecule has 0 aromatic heterocycles. The molecule has 80 valence electrons. The van der Waals surface area contributed by atoms with Gasteiger partial charge in [-0.25, -0.2) is 0 Å². The number of likely N-dealkylation sites (tertiary alicyclic amines) is 1. The zero-order chi connectivity index (χ0) is 10.6. The molecule has 1 aliphatic heterocycles. The van der Waals surface area contributed by atoms with E-state index in [-0.39, 0.29) is 23.7 Å². The van der Waals surface area contributed by atoms with Crippen LogP contribution in [0.3, 0.4) is 0 Å². The number of halogens is 1. The molecule has 0 radical (unpaired) electrons. The Labute approximate surface area is 93.1 Å². The van der Waals surface area contributed by atoms with Gasteiger partial charge in [0.1, 0.15) is 0 Å². The Morgan fingerprint density at radius 2 is 1.73 bits per heavy atom. The third-order valence-electron chi connectivity index (χ3n) is 3.87. The zero-order valence-electron chi connectivity index (χ0n) is 8.23. The fourth-order valence-corrected chi connectivity index (χ4v) is 3.44. The fraction of sp³-hybridized carbons (Fsp3) is 0.636. The van der Waals surface area contributed by atoms with Crippen LogP contribution in [0.4, 0.5) is 0 Å². The molecule has 1 saturated carbocycles. The lowest BCUT2D eigenvalue weighted by Gasteiger charge is -2.15. The van der Waals surface area contributed by atoms with Gasteiger partial charge in [-0.05, 0) is 18.3 Å². The number of rotatable bonds is 2. The first-order valence-electron chi connectivity index (χ1n) is 5.33. The second kappa shape index (κ2) is 3.08. The Morgan fingerprint density at radius 3 is 2.20 bits per heavy atom. The van der Waals surface area contributed by atoms with Crippen molar-refractivity contribution in [2.24, 2.45) is 23.7 Å². The zero-order valence-corrected chi connectivity index (χ0v) is 8.98. The maximum Gasteiger partial charge on any atom is 0.233 e. The van der Waals surface area contributed by atoms with Crippen LogP contribution in [0.1, 0.15) is 6.42 Å². The maximum atomic E-state index is 12.0. The molecule has 0 spiro atoms. The normalized spacial score (nSPS) is 41.8. The van der Waals surface area contributed by atoms with Crippen LogP contribution in [0, 0.1) is 23.7 Å². The van der Waals surface area contributed by atoms with Gasteiger partial charge in [0, 0.05) is 12.4 Å². The Morgan fingerprint density at radius 1 is 1.20 bits per heavy atom. The van der Waals surface area contributed by atoms with Gasteiger partial charge in [-0.15, -0.1) is 11.6 Å². The summed E-state index contributed by atoms with van der Waals surface area (Å²) in [5.74, 6) is 0.796. The topological polar surface area (TPSA) is 37.4 Å². The molecular formula is C11H12ClNO2. The summed E-state index contributed by atoms with van der Waals surface area (Å²) in [5, 5.41) is 0. The van der Waals surface area contributed by atoms with Gasteiger partial charge >= 0.3 is 0 Å². The Bertz CT molecular complexity index is 336. The van der Waals surface area contributed by atoms with E-state index in [2.05, 4.69) is 12.2 Å². The number of carbonyl (C=O) groups excluding carboxylic acids is 2. The van der Waals surface area contributed by atoms with Gasteiger partial charge in [-0.3, -0.25) is 14.5 Å². The molecule has 2 fully saturated rings. The average molecular weight is 226 g/mol. The molecule has 3 aliphatic rings. The van der Waals surface area contributed by atoms with Gasteiger partial charge in [-0.1, -0.05) is 12.2 Å². The smallest absolute Gasteiger partial charge is 0.233 e. The number of nitrogens with zero attached hydrogens (tertiary/aromatic N) is 1. The summed E-state index contributed by atoms with van der Waals surface area (Å²) in [7, 11) is 0. The number of amides is 2. The molecule has 3 nitrogen and oxygen atoms in total. The van der Waals surface area contributed by atoms with Gasteiger partial charge in [0.05, 0.1) is 11.8 Å². The minimum atomic E-state index is -0.0734. The first-order valence-corrected chi connectivity index (χ1v) is 5.87. The number of imide groups is 1. The van der Waals surface area contributed by atoms with Crippen LogP contribution < -0.4 is 0 Å². The van der Waals surface area contributed by atoms with E-state index in [9.17, 15) is 9.59 Å². The number of carbonyl (C=O) groups is 2. The molecule has 1 heterocycles. The highest BCUT2D eigenvalue weighted by Crippen LogP contribution is 2.52. The quantitative estimate of drug-likeness (QED) is 0.400. The molecule has 15 heavy (non-hydrogen) atoms. The molecular weight excluding hydrogens is 214 g/mol. The third-order valence-corrected chi connectivity index (χ3v) is 4.04. The molecule has 2 bridgehead atoms. The number of fused-ring (bicyclic) bond motifs is 5. The monoisotopic (exact) mass is 225 g/mol. The van der Waals surface area contributed by atoms with Gasteiger partial charge in [0.15, 0.2) is 0 Å². The van der Waals surface area contributed by atoms with E-state index in [1.165, 1.54) is 4.90 Å². The highest BCUT2D eigenvalue weighted by Gasteiger charge is 2.58. The summed E-state index contributed by atoms with van der Waals surface area (Å²) in [6.07, 6.45) is 5.18. The summed E-state index contributed by atoms with van der Waals surface area (Å²) in [6, 6.07) is 0. The molecule has 0 unspecified atom stereocenters. The number of hydrogen-bond acceptors (Lipinski definition) is 2. The van der Waals surface area contributed by atoms with Crippen LogP contribution in [0.25, 0.3) is 0 Å². The Balaban J connectivity index is 1.93. The Kier molecular flexibility index (Phi) is 1.93. The van der Waals surface area contributed by atoms with E-state index >= 15 is 0 Å². The van der Waals surface area contributed by atoms with Crippen molar-refractivity contribution in [1.82, 2.24) is 4.90 Å². The fourth-order valence-electron chi connectivity index (χ4n) is 3.27. The summed E-state index contributed by atoms with van der Waals surface area (Å²) in [6.45, 7) is 0.367. The average Bonchev–Trinajstić information content (AvgIpc) is 2.87. The second-order valence-corrected chi connectivity index (χ2v) is 4.89. The third kappa shape index (κ3) is 1.07. The van der Waals surface area contributed by atoms with E-state index in [1.54, 1.807) is 0 Å². The van der Waals surface area contributed by atoms with E-state index in [0.29, 0.717) is 24.3 Å². The maximum absolute atomic E-state index is 12.0. The van der Waals surface area contributed by atoms with Crippen LogP contribution in [0.5, 0.6) is 0 Å². The molecule has 0 N–H and O–H groups in total. The summed E-state index contributed by atoms with van der Waals surface area (Å²) >= 11 is 5.60. The minimum Gasteiger partial charge on any atom is -0.281 e. The van der Waals surface area contributed by atoms with Crippen molar-refractivity contribution in [2.75, 3.05) is 12.4 Å².